The van der Waals surface area contributed by atoms with Gasteiger partial charge < -0.3 is 24.2 Å². The molecule has 0 spiro atoms. The predicted octanol–water partition coefficient (Wildman–Crippen LogP) is 2.71. The van der Waals surface area contributed by atoms with Crippen molar-refractivity contribution in [3.8, 4) is 17.1 Å². The van der Waals surface area contributed by atoms with E-state index in [-0.39, 0.29) is 31.3 Å². The van der Waals surface area contributed by atoms with Crippen LogP contribution in [0.25, 0.3) is 11.4 Å². The number of pyridine rings is 1. The minimum Gasteiger partial charge on any atom is -0.488 e. The highest BCUT2D eigenvalue weighted by molar-refractivity contribution is 5.72. The molecule has 1 N–H and O–H groups in total. The van der Waals surface area contributed by atoms with E-state index in [2.05, 4.69) is 15.3 Å². The van der Waals surface area contributed by atoms with Crippen molar-refractivity contribution in [3.05, 3.63) is 23.5 Å². The molecule has 2 aromatic heterocycles. The normalized spacial score (nSPS) is 20.8. The van der Waals surface area contributed by atoms with Crippen molar-refractivity contribution in [1.82, 2.24) is 24.9 Å². The Labute approximate surface area is 198 Å². The smallest absolute Gasteiger partial charge is 0.410 e. The highest BCUT2D eigenvalue weighted by atomic mass is 16.6. The molecule has 2 aliphatic rings. The van der Waals surface area contributed by atoms with Crippen molar-refractivity contribution in [2.24, 2.45) is 7.05 Å². The molecule has 0 radical (unpaired) electrons. The summed E-state index contributed by atoms with van der Waals surface area (Å²) >= 11 is 0. The van der Waals surface area contributed by atoms with E-state index < -0.39 is 12.1 Å². The number of aryl methyl sites for hydroxylation is 2. The van der Waals surface area contributed by atoms with Gasteiger partial charge in [-0.1, -0.05) is 18.1 Å². The van der Waals surface area contributed by atoms with Gasteiger partial charge >= 0.3 is 12.1 Å². The summed E-state index contributed by atoms with van der Waals surface area (Å²) in [5, 5.41) is 17.5. The third-order valence-corrected chi connectivity index (χ3v) is 6.52. The minimum atomic E-state index is -0.983. The molecule has 2 atom stereocenters. The zero-order valence-corrected chi connectivity index (χ0v) is 19.8. The fourth-order valence-corrected chi connectivity index (χ4v) is 4.44. The summed E-state index contributed by atoms with van der Waals surface area (Å²) < 4.78 is 18.4. The molecule has 2 aromatic rings. The second-order valence-corrected chi connectivity index (χ2v) is 8.85. The zero-order chi connectivity index (χ0) is 24.2. The maximum Gasteiger partial charge on any atom is 0.410 e. The topological polar surface area (TPSA) is 129 Å². The standard InChI is InChI=1S/C23H31N5O6/c1-14-19(34-16-10-11-32-20(12-16)22(29)30)9-8-17(24-14)21-18(28(3)26-25-21)13-33-23(31)27(2)15-6-4-5-7-15/h8-9,15-16,20H,4-7,10-13H2,1-3H3,(H,29,30)/t16-,20-/m1/s1. The number of ether oxygens (including phenoxy) is 3. The number of amides is 1. The van der Waals surface area contributed by atoms with Gasteiger partial charge in [0, 0.05) is 33.0 Å². The van der Waals surface area contributed by atoms with E-state index in [1.165, 1.54) is 0 Å². The van der Waals surface area contributed by atoms with Crippen LogP contribution in [0.4, 0.5) is 4.79 Å². The number of carboxylic acids is 1. The van der Waals surface area contributed by atoms with E-state index in [4.69, 9.17) is 14.2 Å². The van der Waals surface area contributed by atoms with Crippen LogP contribution in [0.3, 0.4) is 0 Å². The van der Waals surface area contributed by atoms with E-state index in [1.807, 2.05) is 6.92 Å². The number of carbonyl (C=O) groups excluding carboxylic acids is 1. The van der Waals surface area contributed by atoms with Crippen molar-refractivity contribution >= 4 is 12.1 Å². The van der Waals surface area contributed by atoms with Crippen molar-refractivity contribution in [2.75, 3.05) is 13.7 Å². The number of hydrogen-bond donors (Lipinski definition) is 1. The molecular formula is C23H31N5O6. The lowest BCUT2D eigenvalue weighted by atomic mass is 10.1. The maximum absolute atomic E-state index is 12.5. The van der Waals surface area contributed by atoms with Crippen LogP contribution in [0.2, 0.25) is 0 Å². The van der Waals surface area contributed by atoms with Crippen LogP contribution in [0.15, 0.2) is 12.1 Å². The third-order valence-electron chi connectivity index (χ3n) is 6.52. The predicted molar refractivity (Wildman–Crippen MR) is 120 cm³/mol. The average Bonchev–Trinajstić information content (AvgIpc) is 3.48. The lowest BCUT2D eigenvalue weighted by Gasteiger charge is -2.28. The quantitative estimate of drug-likeness (QED) is 0.645. The summed E-state index contributed by atoms with van der Waals surface area (Å²) in [5.74, 6) is -0.404. The van der Waals surface area contributed by atoms with E-state index in [9.17, 15) is 14.7 Å². The largest absolute Gasteiger partial charge is 0.488 e. The fraction of sp³-hybridized carbons (Fsp3) is 0.609. The van der Waals surface area contributed by atoms with Crippen LogP contribution in [0.1, 0.15) is 49.9 Å². The Morgan fingerprint density at radius 3 is 2.74 bits per heavy atom. The monoisotopic (exact) mass is 473 g/mol. The number of nitrogens with zero attached hydrogens (tertiary/aromatic N) is 5. The van der Waals surface area contributed by atoms with Crippen molar-refractivity contribution in [1.29, 1.82) is 0 Å². The number of rotatable bonds is 7. The molecule has 1 saturated carbocycles. The number of carboxylic acid groups (broad SMARTS) is 1. The number of aromatic nitrogens is 4. The SMILES string of the molecule is Cc1nc(-c2nnn(C)c2COC(=O)N(C)C2CCCC2)ccc1O[C@@H]1CCO[C@@H](C(=O)O)C1. The fourth-order valence-electron chi connectivity index (χ4n) is 4.44. The van der Waals surface area contributed by atoms with Gasteiger partial charge in [0.05, 0.1) is 18.0 Å². The van der Waals surface area contributed by atoms with Gasteiger partial charge in [-0.2, -0.15) is 0 Å². The molecule has 11 nitrogen and oxygen atoms in total. The number of carbonyl (C=O) groups is 2. The molecule has 1 saturated heterocycles. The van der Waals surface area contributed by atoms with Crippen molar-refractivity contribution in [3.63, 3.8) is 0 Å². The Morgan fingerprint density at radius 2 is 2.03 bits per heavy atom. The maximum atomic E-state index is 12.5. The molecule has 4 rings (SSSR count). The van der Waals surface area contributed by atoms with Crippen molar-refractivity contribution in [2.45, 2.75) is 70.3 Å². The van der Waals surface area contributed by atoms with Crippen LogP contribution in [-0.2, 0) is 27.9 Å². The molecule has 0 bridgehead atoms. The average molecular weight is 474 g/mol. The summed E-state index contributed by atoms with van der Waals surface area (Å²) in [7, 11) is 3.52. The molecule has 2 fully saturated rings. The van der Waals surface area contributed by atoms with Gasteiger partial charge in [-0.05, 0) is 31.9 Å². The first-order valence-corrected chi connectivity index (χ1v) is 11.6. The van der Waals surface area contributed by atoms with E-state index >= 15 is 0 Å². The van der Waals surface area contributed by atoms with Gasteiger partial charge in [0.1, 0.15) is 29.8 Å². The van der Waals surface area contributed by atoms with Gasteiger partial charge in [0.15, 0.2) is 6.10 Å². The summed E-state index contributed by atoms with van der Waals surface area (Å²) in [6.07, 6.45) is 3.70. The number of hydrogen-bond acceptors (Lipinski definition) is 8. The Bertz CT molecular complexity index is 1030. The van der Waals surface area contributed by atoms with Crippen LogP contribution in [0, 0.1) is 6.92 Å². The van der Waals surface area contributed by atoms with Crippen LogP contribution in [-0.4, -0.2) is 74.0 Å². The number of aliphatic carboxylic acids is 1. The van der Waals surface area contributed by atoms with E-state index in [0.29, 0.717) is 41.6 Å². The lowest BCUT2D eigenvalue weighted by molar-refractivity contribution is -0.156. The van der Waals surface area contributed by atoms with Gasteiger partial charge in [-0.3, -0.25) is 0 Å². The van der Waals surface area contributed by atoms with E-state index in [0.717, 1.165) is 25.7 Å². The molecule has 3 heterocycles. The highest BCUT2D eigenvalue weighted by Crippen LogP contribution is 2.28. The van der Waals surface area contributed by atoms with Crippen molar-refractivity contribution < 1.29 is 28.9 Å². The van der Waals surface area contributed by atoms with Crippen LogP contribution < -0.4 is 4.74 Å². The Kier molecular flexibility index (Phi) is 7.30. The lowest BCUT2D eigenvalue weighted by Crippen LogP contribution is -2.37. The molecule has 11 heteroatoms. The van der Waals surface area contributed by atoms with Gasteiger partial charge in [-0.25, -0.2) is 19.3 Å². The minimum absolute atomic E-state index is 0.0341. The molecule has 0 unspecified atom stereocenters. The second kappa shape index (κ2) is 10.4. The molecule has 1 aliphatic heterocycles. The van der Waals surface area contributed by atoms with Gasteiger partial charge in [-0.15, -0.1) is 5.10 Å². The molecule has 1 amide bonds. The highest BCUT2D eigenvalue weighted by Gasteiger charge is 2.30. The molecule has 34 heavy (non-hydrogen) atoms. The van der Waals surface area contributed by atoms with Crippen LogP contribution in [0.5, 0.6) is 5.75 Å². The summed E-state index contributed by atoms with van der Waals surface area (Å²) in [6, 6.07) is 3.80. The Morgan fingerprint density at radius 1 is 1.26 bits per heavy atom. The van der Waals surface area contributed by atoms with E-state index in [1.54, 1.807) is 35.8 Å². The first-order valence-electron chi connectivity index (χ1n) is 11.6. The Hall–Kier alpha value is -3.21. The molecule has 1 aliphatic carbocycles. The first kappa shape index (κ1) is 23.9. The Balaban J connectivity index is 1.43. The van der Waals surface area contributed by atoms with Gasteiger partial charge in [0.25, 0.3) is 0 Å². The zero-order valence-electron chi connectivity index (χ0n) is 19.8. The molecule has 184 valence electrons. The van der Waals surface area contributed by atoms with Gasteiger partial charge in [0.2, 0.25) is 0 Å². The van der Waals surface area contributed by atoms with Crippen LogP contribution >= 0.6 is 0 Å². The summed E-state index contributed by atoms with van der Waals surface area (Å²) in [4.78, 5) is 30.0. The molecule has 0 aromatic carbocycles. The summed E-state index contributed by atoms with van der Waals surface area (Å²) in [5.41, 5.74) is 2.40. The second-order valence-electron chi connectivity index (χ2n) is 8.85. The third kappa shape index (κ3) is 5.30. The summed E-state index contributed by atoms with van der Waals surface area (Å²) in [6.45, 7) is 2.19. The first-order chi connectivity index (χ1) is 16.3. The molecular weight excluding hydrogens is 442 g/mol.